The molecule has 37 heavy (non-hydrogen) atoms. The van der Waals surface area contributed by atoms with E-state index in [9.17, 15) is 25.2 Å². The van der Waals surface area contributed by atoms with Gasteiger partial charge in [-0.25, -0.2) is 4.79 Å². The van der Waals surface area contributed by atoms with Gasteiger partial charge in [0.05, 0.1) is 34.0 Å². The van der Waals surface area contributed by atoms with Gasteiger partial charge in [-0.15, -0.1) is 0 Å². The fourth-order valence-electron chi connectivity index (χ4n) is 4.15. The van der Waals surface area contributed by atoms with Crippen LogP contribution in [0.5, 0.6) is 51.7 Å². The zero-order chi connectivity index (χ0) is 26.9. The van der Waals surface area contributed by atoms with E-state index < -0.39 is 29.7 Å². The smallest absolute Gasteiger partial charge is 0.338 e. The maximum absolute atomic E-state index is 13.1. The topological polar surface area (TPSA) is 153 Å². The molecule has 0 aliphatic carbocycles. The number of esters is 1. The predicted octanol–water partition coefficient (Wildman–Crippen LogP) is 3.45. The minimum Gasteiger partial charge on any atom is -0.507 e. The van der Waals surface area contributed by atoms with Crippen LogP contribution in [0, 0.1) is 0 Å². The first kappa shape index (κ1) is 25.4. The van der Waals surface area contributed by atoms with Crippen molar-refractivity contribution in [3.8, 4) is 51.7 Å². The molecule has 0 spiro atoms. The van der Waals surface area contributed by atoms with Gasteiger partial charge in [0, 0.05) is 29.7 Å². The van der Waals surface area contributed by atoms with E-state index in [0.29, 0.717) is 22.6 Å². The minimum atomic E-state index is -0.996. The lowest BCUT2D eigenvalue weighted by Gasteiger charge is -2.34. The summed E-state index contributed by atoms with van der Waals surface area (Å²) in [4.78, 5) is 13.1. The molecule has 196 valence electrons. The van der Waals surface area contributed by atoms with Crippen LogP contribution in [0.25, 0.3) is 0 Å². The van der Waals surface area contributed by atoms with Crippen molar-refractivity contribution in [2.75, 3.05) is 28.4 Å². The summed E-state index contributed by atoms with van der Waals surface area (Å²) in [6.45, 7) is 0. The van der Waals surface area contributed by atoms with Gasteiger partial charge < -0.3 is 48.8 Å². The maximum Gasteiger partial charge on any atom is 0.338 e. The lowest BCUT2D eigenvalue weighted by molar-refractivity contribution is -0.0189. The number of aromatic hydroxyl groups is 4. The van der Waals surface area contributed by atoms with Crippen LogP contribution in [0.15, 0.2) is 36.4 Å². The van der Waals surface area contributed by atoms with Crippen LogP contribution < -0.4 is 23.7 Å². The van der Waals surface area contributed by atoms with Gasteiger partial charge in [-0.2, -0.15) is 0 Å². The third-order valence-electron chi connectivity index (χ3n) is 5.97. The van der Waals surface area contributed by atoms with Gasteiger partial charge in [0.2, 0.25) is 11.5 Å². The Hall–Kier alpha value is -4.67. The number of carbonyl (C=O) groups is 1. The number of fused-ring (bicyclic) bond motifs is 1. The Morgan fingerprint density at radius 3 is 1.97 bits per heavy atom. The second kappa shape index (κ2) is 10.1. The van der Waals surface area contributed by atoms with Gasteiger partial charge in [-0.3, -0.25) is 0 Å². The van der Waals surface area contributed by atoms with Crippen molar-refractivity contribution in [2.45, 2.75) is 18.6 Å². The van der Waals surface area contributed by atoms with Gasteiger partial charge in [0.25, 0.3) is 0 Å². The molecule has 1 aliphatic rings. The van der Waals surface area contributed by atoms with Crippen molar-refractivity contribution < 1.29 is 53.6 Å². The second-order valence-electron chi connectivity index (χ2n) is 8.13. The molecule has 0 amide bonds. The van der Waals surface area contributed by atoms with Crippen molar-refractivity contribution in [1.29, 1.82) is 0 Å². The summed E-state index contributed by atoms with van der Waals surface area (Å²) in [5.74, 6) is -1.43. The van der Waals surface area contributed by atoms with E-state index in [4.69, 9.17) is 28.4 Å². The summed E-state index contributed by atoms with van der Waals surface area (Å²) in [6, 6.07) is 8.23. The molecule has 0 bridgehead atoms. The standard InChI is InChI=1S/C26H26O11/c1-32-14-9-16(27)15-11-22(37-26(31)13-5-17(28)25(35-4)18(29)6-13)24(36-19(15)10-14)12-7-20(33-2)23(30)21(8-12)34-3/h5-10,22,24,27-30H,11H2,1-4H3. The number of hydrogen-bond donors (Lipinski definition) is 4. The van der Waals surface area contributed by atoms with Crippen LogP contribution in [0.2, 0.25) is 0 Å². The Balaban J connectivity index is 1.77. The van der Waals surface area contributed by atoms with E-state index in [2.05, 4.69) is 0 Å². The molecule has 3 aromatic carbocycles. The average molecular weight is 514 g/mol. The number of carbonyl (C=O) groups excluding carboxylic acids is 1. The van der Waals surface area contributed by atoms with Crippen LogP contribution in [-0.2, 0) is 11.2 Å². The molecule has 3 aromatic rings. The Labute approximate surface area is 211 Å². The SMILES string of the molecule is COc1cc(O)c2c(c1)OC(c1cc(OC)c(O)c(OC)c1)C(OC(=O)c1cc(O)c(OC)c(O)c1)C2. The van der Waals surface area contributed by atoms with Crippen LogP contribution in [-0.4, -0.2) is 60.9 Å². The molecule has 4 rings (SSSR count). The van der Waals surface area contributed by atoms with E-state index in [1.807, 2.05) is 0 Å². The predicted molar refractivity (Wildman–Crippen MR) is 128 cm³/mol. The highest BCUT2D eigenvalue weighted by atomic mass is 16.6. The molecular weight excluding hydrogens is 488 g/mol. The van der Waals surface area contributed by atoms with E-state index in [-0.39, 0.29) is 40.7 Å². The highest BCUT2D eigenvalue weighted by Crippen LogP contribution is 2.46. The molecule has 1 heterocycles. The van der Waals surface area contributed by atoms with Crippen LogP contribution in [0.3, 0.4) is 0 Å². The van der Waals surface area contributed by atoms with Crippen LogP contribution in [0.1, 0.15) is 27.6 Å². The highest BCUT2D eigenvalue weighted by Gasteiger charge is 2.37. The van der Waals surface area contributed by atoms with Crippen molar-refractivity contribution in [3.05, 3.63) is 53.1 Å². The minimum absolute atomic E-state index is 0.0429. The number of rotatable bonds is 7. The van der Waals surface area contributed by atoms with Gasteiger partial charge in [-0.05, 0) is 24.3 Å². The molecule has 11 heteroatoms. The van der Waals surface area contributed by atoms with Crippen molar-refractivity contribution in [1.82, 2.24) is 0 Å². The number of methoxy groups -OCH3 is 4. The fourth-order valence-corrected chi connectivity index (χ4v) is 4.15. The van der Waals surface area contributed by atoms with Gasteiger partial charge in [0.15, 0.2) is 29.1 Å². The first-order valence-corrected chi connectivity index (χ1v) is 11.0. The summed E-state index contributed by atoms with van der Waals surface area (Å²) in [5.41, 5.74) is 0.686. The lowest BCUT2D eigenvalue weighted by Crippen LogP contribution is -2.35. The summed E-state index contributed by atoms with van der Waals surface area (Å²) in [5, 5.41) is 41.1. The zero-order valence-electron chi connectivity index (χ0n) is 20.5. The Morgan fingerprint density at radius 2 is 1.43 bits per heavy atom. The summed E-state index contributed by atoms with van der Waals surface area (Å²) in [6.07, 6.45) is -1.89. The lowest BCUT2D eigenvalue weighted by atomic mass is 9.93. The quantitative estimate of drug-likeness (QED) is 0.343. The molecular formula is C26H26O11. The van der Waals surface area contributed by atoms with Crippen LogP contribution in [0.4, 0.5) is 0 Å². The molecule has 0 fully saturated rings. The molecule has 0 aromatic heterocycles. The number of ether oxygens (including phenoxy) is 6. The normalized spacial score (nSPS) is 16.2. The average Bonchev–Trinajstić information content (AvgIpc) is 2.88. The fraction of sp³-hybridized carbons (Fsp3) is 0.269. The molecule has 4 N–H and O–H groups in total. The van der Waals surface area contributed by atoms with E-state index in [1.54, 1.807) is 6.07 Å². The van der Waals surface area contributed by atoms with Crippen molar-refractivity contribution in [3.63, 3.8) is 0 Å². The van der Waals surface area contributed by atoms with Gasteiger partial charge >= 0.3 is 5.97 Å². The first-order chi connectivity index (χ1) is 17.7. The van der Waals surface area contributed by atoms with Crippen molar-refractivity contribution in [2.24, 2.45) is 0 Å². The number of benzene rings is 3. The van der Waals surface area contributed by atoms with E-state index in [0.717, 1.165) is 12.1 Å². The molecule has 0 saturated heterocycles. The summed E-state index contributed by atoms with van der Waals surface area (Å²) >= 11 is 0. The first-order valence-electron chi connectivity index (χ1n) is 11.0. The third-order valence-corrected chi connectivity index (χ3v) is 5.97. The third kappa shape index (κ3) is 4.75. The number of phenolic OH excluding ortho intramolecular Hbond substituents is 4. The van der Waals surface area contributed by atoms with E-state index in [1.165, 1.54) is 46.6 Å². The Morgan fingerprint density at radius 1 is 0.811 bits per heavy atom. The molecule has 0 radical (unpaired) electrons. The zero-order valence-corrected chi connectivity index (χ0v) is 20.5. The second-order valence-corrected chi connectivity index (χ2v) is 8.13. The number of hydrogen-bond acceptors (Lipinski definition) is 11. The Bertz CT molecular complexity index is 1290. The highest BCUT2D eigenvalue weighted by molar-refractivity contribution is 5.91. The van der Waals surface area contributed by atoms with Crippen molar-refractivity contribution >= 4 is 5.97 Å². The Kier molecular flexibility index (Phi) is 6.96. The number of phenols is 4. The van der Waals surface area contributed by atoms with Gasteiger partial charge in [0.1, 0.15) is 23.4 Å². The molecule has 11 nitrogen and oxygen atoms in total. The van der Waals surface area contributed by atoms with E-state index >= 15 is 0 Å². The summed E-state index contributed by atoms with van der Waals surface area (Å²) < 4.78 is 32.6. The largest absolute Gasteiger partial charge is 0.507 e. The van der Waals surface area contributed by atoms with Gasteiger partial charge in [-0.1, -0.05) is 0 Å². The molecule has 2 unspecified atom stereocenters. The summed E-state index contributed by atoms with van der Waals surface area (Å²) in [7, 11) is 5.45. The van der Waals surface area contributed by atoms with Crippen LogP contribution >= 0.6 is 0 Å². The molecule has 1 aliphatic heterocycles. The molecule has 2 atom stereocenters. The maximum atomic E-state index is 13.1. The molecule has 0 saturated carbocycles. The monoisotopic (exact) mass is 514 g/mol.